The van der Waals surface area contributed by atoms with Gasteiger partial charge in [0.05, 0.1) is 18.8 Å². The van der Waals surface area contributed by atoms with Crippen LogP contribution in [-0.2, 0) is 4.74 Å². The van der Waals surface area contributed by atoms with E-state index in [0.29, 0.717) is 24.3 Å². The maximum Gasteiger partial charge on any atom is 0.166 e. The maximum absolute atomic E-state index is 11.7. The monoisotopic (exact) mass is 220 g/mol. The third-order valence-corrected chi connectivity index (χ3v) is 2.69. The van der Waals surface area contributed by atoms with Crippen LogP contribution in [0.15, 0.2) is 24.3 Å². The molecule has 2 rings (SSSR count). The maximum atomic E-state index is 11.7. The molecule has 0 radical (unpaired) electrons. The molecule has 0 N–H and O–H groups in total. The van der Waals surface area contributed by atoms with E-state index >= 15 is 0 Å². The van der Waals surface area contributed by atoms with Gasteiger partial charge in [0.2, 0.25) is 0 Å². The molecule has 1 atom stereocenters. The lowest BCUT2D eigenvalue weighted by molar-refractivity contribution is 0.0977. The summed E-state index contributed by atoms with van der Waals surface area (Å²) in [7, 11) is 0. The van der Waals surface area contributed by atoms with Crippen molar-refractivity contribution in [2.24, 2.45) is 0 Å². The van der Waals surface area contributed by atoms with Crippen molar-refractivity contribution in [1.82, 2.24) is 0 Å². The van der Waals surface area contributed by atoms with Crippen LogP contribution in [0.3, 0.4) is 0 Å². The van der Waals surface area contributed by atoms with Gasteiger partial charge in [0, 0.05) is 12.8 Å². The SMILES string of the molecule is CCC(=O)c1ccccc1OC1CCOC1. The summed E-state index contributed by atoms with van der Waals surface area (Å²) in [5.41, 5.74) is 0.678. The van der Waals surface area contributed by atoms with Gasteiger partial charge >= 0.3 is 0 Å². The van der Waals surface area contributed by atoms with Gasteiger partial charge in [0.15, 0.2) is 5.78 Å². The molecule has 1 fully saturated rings. The Morgan fingerprint density at radius 1 is 1.50 bits per heavy atom. The van der Waals surface area contributed by atoms with Gasteiger partial charge in [-0.3, -0.25) is 4.79 Å². The predicted octanol–water partition coefficient (Wildman–Crippen LogP) is 2.45. The minimum Gasteiger partial charge on any atom is -0.487 e. The standard InChI is InChI=1S/C13H16O3/c1-2-12(14)11-5-3-4-6-13(11)16-10-7-8-15-9-10/h3-6,10H,2,7-9H2,1H3. The second kappa shape index (κ2) is 5.12. The highest BCUT2D eigenvalue weighted by Crippen LogP contribution is 2.23. The van der Waals surface area contributed by atoms with Crippen molar-refractivity contribution < 1.29 is 14.3 Å². The highest BCUT2D eigenvalue weighted by atomic mass is 16.5. The Morgan fingerprint density at radius 3 is 3.00 bits per heavy atom. The van der Waals surface area contributed by atoms with Crippen molar-refractivity contribution >= 4 is 5.78 Å². The van der Waals surface area contributed by atoms with E-state index in [1.165, 1.54) is 0 Å². The highest BCUT2D eigenvalue weighted by molar-refractivity contribution is 5.98. The molecule has 16 heavy (non-hydrogen) atoms. The number of para-hydroxylation sites is 1. The van der Waals surface area contributed by atoms with E-state index in [-0.39, 0.29) is 11.9 Å². The number of benzene rings is 1. The zero-order chi connectivity index (χ0) is 11.4. The number of carbonyl (C=O) groups excluding carboxylic acids is 1. The van der Waals surface area contributed by atoms with E-state index in [2.05, 4.69) is 0 Å². The van der Waals surface area contributed by atoms with E-state index < -0.39 is 0 Å². The molecule has 0 saturated carbocycles. The van der Waals surface area contributed by atoms with Crippen molar-refractivity contribution in [3.05, 3.63) is 29.8 Å². The van der Waals surface area contributed by atoms with Gasteiger partial charge in [0.1, 0.15) is 11.9 Å². The summed E-state index contributed by atoms with van der Waals surface area (Å²) < 4.78 is 11.0. The van der Waals surface area contributed by atoms with Gasteiger partial charge in [-0.05, 0) is 12.1 Å². The number of Topliss-reactive ketones (excluding diaryl/α,β-unsaturated/α-hetero) is 1. The first-order chi connectivity index (χ1) is 7.81. The molecule has 0 amide bonds. The van der Waals surface area contributed by atoms with Crippen LogP contribution in [0.4, 0.5) is 0 Å². The molecule has 1 saturated heterocycles. The Labute approximate surface area is 95.4 Å². The lowest BCUT2D eigenvalue weighted by Gasteiger charge is -2.14. The summed E-state index contributed by atoms with van der Waals surface area (Å²) >= 11 is 0. The molecule has 1 heterocycles. The van der Waals surface area contributed by atoms with E-state index in [1.807, 2.05) is 31.2 Å². The first kappa shape index (κ1) is 11.1. The normalized spacial score (nSPS) is 19.7. The molecule has 0 spiro atoms. The number of hydrogen-bond donors (Lipinski definition) is 0. The van der Waals surface area contributed by atoms with Gasteiger partial charge in [0.25, 0.3) is 0 Å². The van der Waals surface area contributed by atoms with Crippen molar-refractivity contribution in [2.75, 3.05) is 13.2 Å². The summed E-state index contributed by atoms with van der Waals surface area (Å²) in [6.45, 7) is 3.22. The molecular formula is C13H16O3. The fraction of sp³-hybridized carbons (Fsp3) is 0.462. The topological polar surface area (TPSA) is 35.5 Å². The molecular weight excluding hydrogens is 204 g/mol. The quantitative estimate of drug-likeness (QED) is 0.731. The third-order valence-electron chi connectivity index (χ3n) is 2.69. The molecule has 1 aliphatic heterocycles. The molecule has 1 aromatic rings. The number of hydrogen-bond acceptors (Lipinski definition) is 3. The minimum absolute atomic E-state index is 0.0887. The molecule has 3 heteroatoms. The summed E-state index contributed by atoms with van der Waals surface area (Å²) in [4.78, 5) is 11.7. The van der Waals surface area contributed by atoms with Gasteiger partial charge in [-0.2, -0.15) is 0 Å². The first-order valence-electron chi connectivity index (χ1n) is 5.68. The lowest BCUT2D eigenvalue weighted by Crippen LogP contribution is -2.17. The van der Waals surface area contributed by atoms with E-state index in [0.717, 1.165) is 13.0 Å². The van der Waals surface area contributed by atoms with Gasteiger partial charge in [-0.1, -0.05) is 19.1 Å². The zero-order valence-electron chi connectivity index (χ0n) is 9.44. The van der Waals surface area contributed by atoms with E-state index in [9.17, 15) is 4.79 Å². The second-order valence-electron chi connectivity index (χ2n) is 3.88. The molecule has 0 aromatic heterocycles. The molecule has 3 nitrogen and oxygen atoms in total. The van der Waals surface area contributed by atoms with E-state index in [1.54, 1.807) is 0 Å². The Balaban J connectivity index is 2.15. The van der Waals surface area contributed by atoms with Gasteiger partial charge in [-0.15, -0.1) is 0 Å². The second-order valence-corrected chi connectivity index (χ2v) is 3.88. The van der Waals surface area contributed by atoms with Crippen LogP contribution >= 0.6 is 0 Å². The summed E-state index contributed by atoms with van der Waals surface area (Å²) in [6.07, 6.45) is 1.49. The Bertz CT molecular complexity index is 367. The average molecular weight is 220 g/mol. The molecule has 86 valence electrons. The van der Waals surface area contributed by atoms with E-state index in [4.69, 9.17) is 9.47 Å². The lowest BCUT2D eigenvalue weighted by atomic mass is 10.1. The van der Waals surface area contributed by atoms with Crippen molar-refractivity contribution in [2.45, 2.75) is 25.9 Å². The summed E-state index contributed by atoms with van der Waals surface area (Å²) in [5.74, 6) is 0.805. The number of carbonyl (C=O) groups is 1. The van der Waals surface area contributed by atoms with Crippen LogP contribution < -0.4 is 4.74 Å². The molecule has 0 bridgehead atoms. The fourth-order valence-corrected chi connectivity index (χ4v) is 1.78. The minimum atomic E-state index is 0.0887. The van der Waals surface area contributed by atoms with Crippen LogP contribution in [0.5, 0.6) is 5.75 Å². The Hall–Kier alpha value is -1.35. The Kier molecular flexibility index (Phi) is 3.57. The largest absolute Gasteiger partial charge is 0.487 e. The van der Waals surface area contributed by atoms with Crippen LogP contribution in [-0.4, -0.2) is 25.1 Å². The molecule has 1 aromatic carbocycles. The van der Waals surface area contributed by atoms with Crippen LogP contribution in [0.2, 0.25) is 0 Å². The van der Waals surface area contributed by atoms with Crippen LogP contribution in [0.25, 0.3) is 0 Å². The summed E-state index contributed by atoms with van der Waals surface area (Å²) in [6, 6.07) is 7.41. The number of ether oxygens (including phenoxy) is 2. The van der Waals surface area contributed by atoms with Gasteiger partial charge in [-0.25, -0.2) is 0 Å². The number of ketones is 1. The third kappa shape index (κ3) is 2.42. The zero-order valence-corrected chi connectivity index (χ0v) is 9.44. The van der Waals surface area contributed by atoms with Gasteiger partial charge < -0.3 is 9.47 Å². The smallest absolute Gasteiger partial charge is 0.166 e. The molecule has 0 aliphatic carbocycles. The number of rotatable bonds is 4. The summed E-state index contributed by atoms with van der Waals surface area (Å²) in [5, 5.41) is 0. The Morgan fingerprint density at radius 2 is 2.31 bits per heavy atom. The first-order valence-corrected chi connectivity index (χ1v) is 5.68. The predicted molar refractivity (Wildman–Crippen MR) is 60.9 cm³/mol. The van der Waals surface area contributed by atoms with Crippen molar-refractivity contribution in [1.29, 1.82) is 0 Å². The molecule has 1 unspecified atom stereocenters. The highest BCUT2D eigenvalue weighted by Gasteiger charge is 2.19. The van der Waals surface area contributed by atoms with Crippen molar-refractivity contribution in [3.63, 3.8) is 0 Å². The van der Waals surface area contributed by atoms with Crippen LogP contribution in [0, 0.1) is 0 Å². The molecule has 1 aliphatic rings. The van der Waals surface area contributed by atoms with Crippen LogP contribution in [0.1, 0.15) is 30.1 Å². The fourth-order valence-electron chi connectivity index (χ4n) is 1.78. The van der Waals surface area contributed by atoms with Crippen molar-refractivity contribution in [3.8, 4) is 5.75 Å². The average Bonchev–Trinajstić information content (AvgIpc) is 2.82.